The van der Waals surface area contributed by atoms with Crippen molar-refractivity contribution in [1.82, 2.24) is 10.5 Å². The molecular formula is C17H22N2O4S2. The van der Waals surface area contributed by atoms with E-state index in [1.807, 2.05) is 30.3 Å². The quantitative estimate of drug-likeness (QED) is 0.393. The highest BCUT2D eigenvalue weighted by Gasteiger charge is 2.35. The number of sulfone groups is 1. The second-order valence-electron chi connectivity index (χ2n) is 5.72. The number of nitrogens with zero attached hydrogens (tertiary/aromatic N) is 1. The molecule has 0 saturated heterocycles. The first-order valence-electron chi connectivity index (χ1n) is 8.19. The van der Waals surface area contributed by atoms with Gasteiger partial charge in [-0.15, -0.1) is 11.3 Å². The van der Waals surface area contributed by atoms with E-state index >= 15 is 0 Å². The van der Waals surface area contributed by atoms with Gasteiger partial charge >= 0.3 is 0 Å². The molecular weight excluding hydrogens is 360 g/mol. The fourth-order valence-corrected chi connectivity index (χ4v) is 5.37. The summed E-state index contributed by atoms with van der Waals surface area (Å²) in [5.41, 5.74) is 2.84. The Bertz CT molecular complexity index is 788. The fourth-order valence-electron chi connectivity index (χ4n) is 2.51. The standard InChI is InChI=1S/C17H22N2O4S2/c1-2-3-4-8-11-15(16(20)19-21)25(22,23)17-18-14(12-24-17)13-9-6-5-7-10-13/h5-7,9-10,12,15,21H,2-4,8,11H2,1H3,(H,19,20). The topological polar surface area (TPSA) is 96.4 Å². The number of aromatic nitrogens is 1. The summed E-state index contributed by atoms with van der Waals surface area (Å²) in [6.07, 6.45) is 3.59. The zero-order chi connectivity index (χ0) is 18.3. The summed E-state index contributed by atoms with van der Waals surface area (Å²) in [5.74, 6) is -0.909. The van der Waals surface area contributed by atoms with E-state index in [2.05, 4.69) is 11.9 Å². The zero-order valence-electron chi connectivity index (χ0n) is 14.0. The number of rotatable bonds is 9. The van der Waals surface area contributed by atoms with E-state index in [0.29, 0.717) is 12.1 Å². The van der Waals surface area contributed by atoms with Gasteiger partial charge in [-0.2, -0.15) is 0 Å². The summed E-state index contributed by atoms with van der Waals surface area (Å²) in [7, 11) is -3.95. The third-order valence-electron chi connectivity index (χ3n) is 3.89. The van der Waals surface area contributed by atoms with Gasteiger partial charge in [-0.25, -0.2) is 18.9 Å². The molecule has 0 spiro atoms. The van der Waals surface area contributed by atoms with Crippen LogP contribution in [0.25, 0.3) is 11.3 Å². The Hall–Kier alpha value is -1.77. The Morgan fingerprint density at radius 2 is 1.96 bits per heavy atom. The molecule has 1 unspecified atom stereocenters. The molecule has 6 nitrogen and oxygen atoms in total. The van der Waals surface area contributed by atoms with Crippen LogP contribution in [0.5, 0.6) is 0 Å². The van der Waals surface area contributed by atoms with E-state index in [9.17, 15) is 13.2 Å². The second kappa shape index (κ2) is 9.07. The van der Waals surface area contributed by atoms with Gasteiger partial charge in [0.2, 0.25) is 14.2 Å². The molecule has 136 valence electrons. The lowest BCUT2D eigenvalue weighted by Gasteiger charge is -2.13. The van der Waals surface area contributed by atoms with E-state index in [-0.39, 0.29) is 10.8 Å². The minimum Gasteiger partial charge on any atom is -0.289 e. The van der Waals surface area contributed by atoms with Crippen molar-refractivity contribution in [3.05, 3.63) is 35.7 Å². The van der Waals surface area contributed by atoms with Gasteiger partial charge in [0.15, 0.2) is 0 Å². The zero-order valence-corrected chi connectivity index (χ0v) is 15.6. The van der Waals surface area contributed by atoms with Gasteiger partial charge < -0.3 is 0 Å². The van der Waals surface area contributed by atoms with Crippen molar-refractivity contribution in [1.29, 1.82) is 0 Å². The molecule has 1 amide bonds. The Labute approximate surface area is 151 Å². The normalized spacial score (nSPS) is 12.7. The minimum atomic E-state index is -3.95. The summed E-state index contributed by atoms with van der Waals surface area (Å²) in [6, 6.07) is 9.24. The molecule has 25 heavy (non-hydrogen) atoms. The van der Waals surface area contributed by atoms with Crippen LogP contribution in [-0.4, -0.2) is 29.8 Å². The number of thiazole rings is 1. The van der Waals surface area contributed by atoms with Crippen LogP contribution in [0.4, 0.5) is 0 Å². The molecule has 0 radical (unpaired) electrons. The van der Waals surface area contributed by atoms with Gasteiger partial charge in [0.05, 0.1) is 5.69 Å². The third kappa shape index (κ3) is 4.87. The first-order chi connectivity index (χ1) is 12.0. The Kier molecular flexibility index (Phi) is 7.10. The molecule has 2 aromatic rings. The SMILES string of the molecule is CCCCCCC(C(=O)NO)S(=O)(=O)c1nc(-c2ccccc2)cs1. The molecule has 0 aliphatic rings. The van der Waals surface area contributed by atoms with Gasteiger partial charge in [0.1, 0.15) is 5.25 Å². The van der Waals surface area contributed by atoms with Crippen LogP contribution in [0.15, 0.2) is 40.1 Å². The highest BCUT2D eigenvalue weighted by Crippen LogP contribution is 2.28. The molecule has 1 heterocycles. The smallest absolute Gasteiger partial charge is 0.262 e. The van der Waals surface area contributed by atoms with Crippen LogP contribution < -0.4 is 5.48 Å². The molecule has 2 N–H and O–H groups in total. The Balaban J connectivity index is 2.24. The van der Waals surface area contributed by atoms with Crippen LogP contribution in [0, 0.1) is 0 Å². The maximum Gasteiger partial charge on any atom is 0.262 e. The maximum absolute atomic E-state index is 12.8. The highest BCUT2D eigenvalue weighted by atomic mass is 32.2. The van der Waals surface area contributed by atoms with Crippen molar-refractivity contribution >= 4 is 27.1 Å². The summed E-state index contributed by atoms with van der Waals surface area (Å²) in [5, 5.41) is 9.25. The number of nitrogens with one attached hydrogen (secondary N) is 1. The van der Waals surface area contributed by atoms with E-state index in [4.69, 9.17) is 5.21 Å². The molecule has 1 aromatic carbocycles. The molecule has 0 saturated carbocycles. The molecule has 0 aliphatic carbocycles. The van der Waals surface area contributed by atoms with Crippen LogP contribution in [0.2, 0.25) is 0 Å². The number of amides is 1. The van der Waals surface area contributed by atoms with Crippen molar-refractivity contribution in [2.45, 2.75) is 48.6 Å². The van der Waals surface area contributed by atoms with Crippen LogP contribution >= 0.6 is 11.3 Å². The lowest BCUT2D eigenvalue weighted by Crippen LogP contribution is -2.38. The number of hydrogen-bond acceptors (Lipinski definition) is 6. The average molecular weight is 383 g/mol. The summed E-state index contributed by atoms with van der Waals surface area (Å²) >= 11 is 0.991. The Morgan fingerprint density at radius 3 is 2.60 bits per heavy atom. The fraction of sp³-hybridized carbons (Fsp3) is 0.412. The molecule has 0 fully saturated rings. The highest BCUT2D eigenvalue weighted by molar-refractivity contribution is 7.94. The number of carbonyl (C=O) groups is 1. The number of hydrogen-bond donors (Lipinski definition) is 2. The summed E-state index contributed by atoms with van der Waals surface area (Å²) < 4.78 is 25.5. The number of benzene rings is 1. The number of hydroxylamine groups is 1. The van der Waals surface area contributed by atoms with E-state index in [1.165, 1.54) is 5.48 Å². The van der Waals surface area contributed by atoms with E-state index < -0.39 is 21.0 Å². The second-order valence-corrected chi connectivity index (χ2v) is 8.89. The van der Waals surface area contributed by atoms with Crippen LogP contribution in [0.3, 0.4) is 0 Å². The summed E-state index contributed by atoms with van der Waals surface area (Å²) in [6.45, 7) is 2.05. The van der Waals surface area contributed by atoms with E-state index in [0.717, 1.165) is 36.2 Å². The van der Waals surface area contributed by atoms with E-state index in [1.54, 1.807) is 5.38 Å². The largest absolute Gasteiger partial charge is 0.289 e. The van der Waals surface area contributed by atoms with Crippen molar-refractivity contribution in [2.24, 2.45) is 0 Å². The lowest BCUT2D eigenvalue weighted by molar-refractivity contribution is -0.128. The van der Waals surface area contributed by atoms with Crippen molar-refractivity contribution in [3.63, 3.8) is 0 Å². The number of unbranched alkanes of at least 4 members (excludes halogenated alkanes) is 3. The van der Waals surface area contributed by atoms with Gasteiger partial charge in [-0.1, -0.05) is 62.9 Å². The van der Waals surface area contributed by atoms with Crippen molar-refractivity contribution < 1.29 is 18.4 Å². The van der Waals surface area contributed by atoms with Crippen LogP contribution in [0.1, 0.15) is 39.0 Å². The first-order valence-corrected chi connectivity index (χ1v) is 10.6. The van der Waals surface area contributed by atoms with Crippen molar-refractivity contribution in [3.8, 4) is 11.3 Å². The molecule has 8 heteroatoms. The molecule has 2 rings (SSSR count). The van der Waals surface area contributed by atoms with Gasteiger partial charge in [0.25, 0.3) is 5.91 Å². The molecule has 0 bridgehead atoms. The third-order valence-corrected chi connectivity index (χ3v) is 7.29. The average Bonchev–Trinajstić information content (AvgIpc) is 3.13. The molecule has 1 atom stereocenters. The number of carbonyl (C=O) groups excluding carboxylic acids is 1. The predicted molar refractivity (Wildman–Crippen MR) is 97.2 cm³/mol. The summed E-state index contributed by atoms with van der Waals surface area (Å²) in [4.78, 5) is 16.1. The molecule has 0 aliphatic heterocycles. The predicted octanol–water partition coefficient (Wildman–Crippen LogP) is 3.43. The van der Waals surface area contributed by atoms with Crippen molar-refractivity contribution in [2.75, 3.05) is 0 Å². The lowest BCUT2D eigenvalue weighted by atomic mass is 10.1. The maximum atomic E-state index is 12.8. The van der Waals surface area contributed by atoms with Gasteiger partial charge in [-0.05, 0) is 6.42 Å². The Morgan fingerprint density at radius 1 is 1.24 bits per heavy atom. The van der Waals surface area contributed by atoms with Gasteiger partial charge in [-0.3, -0.25) is 10.0 Å². The molecule has 1 aromatic heterocycles. The monoisotopic (exact) mass is 382 g/mol. The first kappa shape index (κ1) is 19.6. The van der Waals surface area contributed by atoms with Gasteiger partial charge in [0, 0.05) is 10.9 Å². The minimum absolute atomic E-state index is 0.101. The van der Waals surface area contributed by atoms with Crippen LogP contribution in [-0.2, 0) is 14.6 Å².